The van der Waals surface area contributed by atoms with E-state index in [0.29, 0.717) is 12.5 Å². The maximum absolute atomic E-state index is 12.0. The van der Waals surface area contributed by atoms with E-state index < -0.39 is 0 Å². The van der Waals surface area contributed by atoms with Crippen LogP contribution in [0.5, 0.6) is 0 Å². The van der Waals surface area contributed by atoms with Crippen LogP contribution in [-0.2, 0) is 4.79 Å². The Bertz CT molecular complexity index is 419. The number of amides is 1. The Kier molecular flexibility index (Phi) is 7.40. The molecule has 0 radical (unpaired) electrons. The van der Waals surface area contributed by atoms with Crippen molar-refractivity contribution in [3.05, 3.63) is 35.9 Å². The van der Waals surface area contributed by atoms with Crippen molar-refractivity contribution in [2.75, 3.05) is 20.1 Å². The van der Waals surface area contributed by atoms with Gasteiger partial charge in [0.1, 0.15) is 0 Å². The lowest BCUT2D eigenvalue weighted by atomic mass is 10.0. The van der Waals surface area contributed by atoms with E-state index >= 15 is 0 Å². The van der Waals surface area contributed by atoms with E-state index in [9.17, 15) is 4.79 Å². The van der Waals surface area contributed by atoms with Crippen molar-refractivity contribution in [3.63, 3.8) is 0 Å². The number of benzene rings is 1. The molecule has 4 heteroatoms. The van der Waals surface area contributed by atoms with Crippen molar-refractivity contribution >= 4 is 5.91 Å². The van der Waals surface area contributed by atoms with Crippen LogP contribution in [0.2, 0.25) is 0 Å². The Morgan fingerprint density at radius 1 is 1.24 bits per heavy atom. The minimum atomic E-state index is 0.0324. The monoisotopic (exact) mass is 291 g/mol. The fraction of sp³-hybridized carbons (Fsp3) is 0.588. The second-order valence-electron chi connectivity index (χ2n) is 6.13. The van der Waals surface area contributed by atoms with Gasteiger partial charge in [0, 0.05) is 6.04 Å². The van der Waals surface area contributed by atoms with Gasteiger partial charge in [-0.15, -0.1) is 0 Å². The molecule has 0 aliphatic carbocycles. The van der Waals surface area contributed by atoms with Gasteiger partial charge >= 0.3 is 0 Å². The molecule has 118 valence electrons. The van der Waals surface area contributed by atoms with Gasteiger partial charge in [-0.2, -0.15) is 0 Å². The third-order valence-electron chi connectivity index (χ3n) is 3.79. The quantitative estimate of drug-likeness (QED) is 0.772. The van der Waals surface area contributed by atoms with Gasteiger partial charge in [-0.05, 0) is 38.4 Å². The molecule has 0 saturated heterocycles. The largest absolute Gasteiger partial charge is 0.348 e. The molecule has 1 aromatic rings. The van der Waals surface area contributed by atoms with Crippen molar-refractivity contribution in [2.45, 2.75) is 39.3 Å². The molecule has 2 unspecified atom stereocenters. The summed E-state index contributed by atoms with van der Waals surface area (Å²) < 4.78 is 0. The highest BCUT2D eigenvalue weighted by atomic mass is 16.2. The number of nitrogens with one attached hydrogen (secondary N) is 1. The van der Waals surface area contributed by atoms with E-state index in [4.69, 9.17) is 5.73 Å². The first-order valence-electron chi connectivity index (χ1n) is 7.68. The molecule has 0 aromatic heterocycles. The molecule has 0 fully saturated rings. The Hall–Kier alpha value is -1.39. The molecule has 0 spiro atoms. The first kappa shape index (κ1) is 17.7. The molecule has 1 rings (SSSR count). The summed E-state index contributed by atoms with van der Waals surface area (Å²) in [4.78, 5) is 14.1. The molecule has 0 saturated carbocycles. The molecule has 0 aliphatic rings. The van der Waals surface area contributed by atoms with Gasteiger partial charge < -0.3 is 11.1 Å². The van der Waals surface area contributed by atoms with Crippen LogP contribution in [0.15, 0.2) is 30.3 Å². The summed E-state index contributed by atoms with van der Waals surface area (Å²) in [7, 11) is 1.96. The Morgan fingerprint density at radius 3 is 2.43 bits per heavy atom. The molecule has 4 nitrogen and oxygen atoms in total. The minimum absolute atomic E-state index is 0.0324. The number of carbonyl (C=O) groups is 1. The summed E-state index contributed by atoms with van der Waals surface area (Å²) in [6, 6.07) is 10.2. The summed E-state index contributed by atoms with van der Waals surface area (Å²) in [5.74, 6) is 0.525. The summed E-state index contributed by atoms with van der Waals surface area (Å²) >= 11 is 0. The topological polar surface area (TPSA) is 58.4 Å². The van der Waals surface area contributed by atoms with E-state index in [0.717, 1.165) is 18.5 Å². The van der Waals surface area contributed by atoms with Gasteiger partial charge in [-0.25, -0.2) is 0 Å². The number of nitrogens with zero attached hydrogens (tertiary/aromatic N) is 1. The summed E-state index contributed by atoms with van der Waals surface area (Å²) in [5, 5.41) is 3.03. The van der Waals surface area contributed by atoms with E-state index in [1.54, 1.807) is 0 Å². The molecule has 1 amide bonds. The number of nitrogens with two attached hydrogens (primary N) is 1. The molecule has 0 heterocycles. The zero-order valence-corrected chi connectivity index (χ0v) is 13.7. The number of hydrogen-bond donors (Lipinski definition) is 2. The fourth-order valence-electron chi connectivity index (χ4n) is 2.14. The van der Waals surface area contributed by atoms with Gasteiger partial charge in [0.05, 0.1) is 12.6 Å². The Morgan fingerprint density at radius 2 is 1.86 bits per heavy atom. The normalized spacial score (nSPS) is 14.2. The highest BCUT2D eigenvalue weighted by Crippen LogP contribution is 2.10. The summed E-state index contributed by atoms with van der Waals surface area (Å²) in [6.07, 6.45) is 0.912. The molecule has 2 atom stereocenters. The van der Waals surface area contributed by atoms with Crippen molar-refractivity contribution in [1.82, 2.24) is 10.2 Å². The van der Waals surface area contributed by atoms with Crippen LogP contribution in [0.3, 0.4) is 0 Å². The number of carbonyl (C=O) groups excluding carboxylic acids is 1. The van der Waals surface area contributed by atoms with Crippen LogP contribution in [0, 0.1) is 5.92 Å². The maximum Gasteiger partial charge on any atom is 0.234 e. The lowest BCUT2D eigenvalue weighted by Gasteiger charge is -2.22. The molecule has 21 heavy (non-hydrogen) atoms. The van der Waals surface area contributed by atoms with Crippen molar-refractivity contribution in [1.29, 1.82) is 0 Å². The predicted octanol–water partition coefficient (Wildman–Crippen LogP) is 2.17. The molecular weight excluding hydrogens is 262 g/mol. The first-order valence-corrected chi connectivity index (χ1v) is 7.68. The van der Waals surface area contributed by atoms with Crippen LogP contribution < -0.4 is 11.1 Å². The van der Waals surface area contributed by atoms with Crippen LogP contribution in [0.4, 0.5) is 0 Å². The van der Waals surface area contributed by atoms with Crippen LogP contribution >= 0.6 is 0 Å². The Balaban J connectivity index is 2.33. The molecule has 3 N–H and O–H groups in total. The average Bonchev–Trinajstić information content (AvgIpc) is 2.45. The van der Waals surface area contributed by atoms with E-state index in [-0.39, 0.29) is 18.0 Å². The SMILES string of the molecule is CC(NC(=O)CN(C)CCC(N)C(C)C)c1ccccc1. The third-order valence-corrected chi connectivity index (χ3v) is 3.79. The number of likely N-dealkylation sites (N-methyl/N-ethyl adjacent to an activating group) is 1. The van der Waals surface area contributed by atoms with Crippen molar-refractivity contribution in [3.8, 4) is 0 Å². The lowest BCUT2D eigenvalue weighted by molar-refractivity contribution is -0.122. The van der Waals surface area contributed by atoms with E-state index in [2.05, 4.69) is 19.2 Å². The van der Waals surface area contributed by atoms with Gasteiger partial charge in [0.25, 0.3) is 0 Å². The first-order chi connectivity index (χ1) is 9.90. The molecule has 0 bridgehead atoms. The smallest absolute Gasteiger partial charge is 0.234 e. The highest BCUT2D eigenvalue weighted by molar-refractivity contribution is 5.78. The molecule has 0 aliphatic heterocycles. The second-order valence-corrected chi connectivity index (χ2v) is 6.13. The van der Waals surface area contributed by atoms with Gasteiger partial charge in [-0.1, -0.05) is 44.2 Å². The van der Waals surface area contributed by atoms with E-state index in [1.165, 1.54) is 0 Å². The minimum Gasteiger partial charge on any atom is -0.348 e. The maximum atomic E-state index is 12.0. The molecular formula is C17H29N3O. The molecule has 1 aromatic carbocycles. The predicted molar refractivity (Wildman–Crippen MR) is 87.9 cm³/mol. The van der Waals surface area contributed by atoms with Crippen LogP contribution in [0.25, 0.3) is 0 Å². The zero-order valence-electron chi connectivity index (χ0n) is 13.7. The van der Waals surface area contributed by atoms with Crippen molar-refractivity contribution < 1.29 is 4.79 Å². The van der Waals surface area contributed by atoms with Crippen LogP contribution in [-0.4, -0.2) is 37.0 Å². The summed E-state index contributed by atoms with van der Waals surface area (Å²) in [6.45, 7) is 7.49. The Labute approximate surface area is 128 Å². The van der Waals surface area contributed by atoms with E-state index in [1.807, 2.05) is 49.2 Å². The average molecular weight is 291 g/mol. The zero-order chi connectivity index (χ0) is 15.8. The van der Waals surface area contributed by atoms with Gasteiger partial charge in [0.15, 0.2) is 0 Å². The third kappa shape index (κ3) is 6.74. The lowest BCUT2D eigenvalue weighted by Crippen LogP contribution is -2.38. The number of hydrogen-bond acceptors (Lipinski definition) is 3. The standard InChI is InChI=1S/C17H29N3O/c1-13(2)16(18)10-11-20(4)12-17(21)19-14(3)15-8-6-5-7-9-15/h5-9,13-14,16H,10-12,18H2,1-4H3,(H,19,21). The second kappa shape index (κ2) is 8.80. The van der Waals surface area contributed by atoms with Crippen molar-refractivity contribution in [2.24, 2.45) is 11.7 Å². The summed E-state index contributed by atoms with van der Waals surface area (Å²) in [5.41, 5.74) is 7.15. The number of rotatable bonds is 8. The fourth-order valence-corrected chi connectivity index (χ4v) is 2.14. The van der Waals surface area contributed by atoms with Gasteiger partial charge in [0.2, 0.25) is 5.91 Å². The highest BCUT2D eigenvalue weighted by Gasteiger charge is 2.13. The van der Waals surface area contributed by atoms with Crippen LogP contribution in [0.1, 0.15) is 38.8 Å². The van der Waals surface area contributed by atoms with Gasteiger partial charge in [-0.3, -0.25) is 9.69 Å².